The Morgan fingerprint density at radius 1 is 0.300 bits per heavy atom. The van der Waals surface area contributed by atoms with Gasteiger partial charge in [-0.15, -0.1) is 0 Å². The molecular weight excluding hydrogens is 486 g/mol. The Hall–Kier alpha value is -5.41. The van der Waals surface area contributed by atoms with Gasteiger partial charge >= 0.3 is 0 Å². The van der Waals surface area contributed by atoms with Crippen LogP contribution < -0.4 is 0 Å². The Labute approximate surface area is 233 Å². The second-order valence-corrected chi connectivity index (χ2v) is 9.69. The molecule has 0 saturated heterocycles. The molecule has 3 nitrogen and oxygen atoms in total. The van der Waals surface area contributed by atoms with Gasteiger partial charge in [0, 0.05) is 16.7 Å². The average molecular weight is 512 g/mol. The summed E-state index contributed by atoms with van der Waals surface area (Å²) in [5, 5.41) is 2.34. The normalized spacial score (nSPS) is 11.0. The van der Waals surface area contributed by atoms with Crippen molar-refractivity contribution >= 4 is 10.8 Å². The molecule has 1 aromatic heterocycles. The van der Waals surface area contributed by atoms with E-state index in [2.05, 4.69) is 103 Å². The van der Waals surface area contributed by atoms with Gasteiger partial charge in [-0.25, -0.2) is 15.0 Å². The number of hydrogen-bond acceptors (Lipinski definition) is 3. The topological polar surface area (TPSA) is 38.7 Å². The van der Waals surface area contributed by atoms with Crippen LogP contribution in [0.5, 0.6) is 0 Å². The number of fused-ring (bicyclic) bond motifs is 1. The Morgan fingerprint density at radius 2 is 0.800 bits per heavy atom. The molecule has 188 valence electrons. The lowest BCUT2D eigenvalue weighted by atomic mass is 9.96. The molecule has 6 aromatic carbocycles. The van der Waals surface area contributed by atoms with E-state index in [4.69, 9.17) is 15.0 Å². The summed E-state index contributed by atoms with van der Waals surface area (Å²) < 4.78 is 0. The van der Waals surface area contributed by atoms with E-state index < -0.39 is 0 Å². The van der Waals surface area contributed by atoms with Crippen molar-refractivity contribution in [1.29, 1.82) is 0 Å². The van der Waals surface area contributed by atoms with Crippen molar-refractivity contribution in [3.05, 3.63) is 152 Å². The molecule has 0 saturated carbocycles. The van der Waals surface area contributed by atoms with E-state index in [1.807, 2.05) is 48.5 Å². The fraction of sp³-hybridized carbons (Fsp3) is 0. The van der Waals surface area contributed by atoms with E-state index in [0.717, 1.165) is 27.8 Å². The molecule has 0 unspecified atom stereocenters. The summed E-state index contributed by atoms with van der Waals surface area (Å²) in [5.41, 5.74) is 7.46. The minimum Gasteiger partial charge on any atom is -0.208 e. The predicted molar refractivity (Wildman–Crippen MR) is 165 cm³/mol. The van der Waals surface area contributed by atoms with Gasteiger partial charge in [-0.1, -0.05) is 146 Å². The lowest BCUT2D eigenvalue weighted by molar-refractivity contribution is 1.07. The molecule has 3 heteroatoms. The molecule has 7 rings (SSSR count). The Bertz CT molecular complexity index is 1930. The fourth-order valence-corrected chi connectivity index (χ4v) is 5.17. The van der Waals surface area contributed by atoms with Crippen LogP contribution in [0.25, 0.3) is 67.2 Å². The van der Waals surface area contributed by atoms with Crippen LogP contribution in [0, 0.1) is 0 Å². The molecule has 0 bridgehead atoms. The molecule has 0 radical (unpaired) electrons. The SMILES string of the molecule is c1ccc(-c2nc(-c3ccc4cccc(-c5ccccc5)c4c3)nc(-c3ccccc3-c3ccccc3)n2)cc1. The highest BCUT2D eigenvalue weighted by atomic mass is 15.0. The summed E-state index contributed by atoms with van der Waals surface area (Å²) in [6.45, 7) is 0. The van der Waals surface area contributed by atoms with Crippen molar-refractivity contribution in [3.8, 4) is 56.4 Å². The van der Waals surface area contributed by atoms with Crippen molar-refractivity contribution < 1.29 is 0 Å². The molecule has 0 amide bonds. The molecule has 0 spiro atoms. The summed E-state index contributed by atoms with van der Waals surface area (Å²) >= 11 is 0. The summed E-state index contributed by atoms with van der Waals surface area (Å²) in [6.07, 6.45) is 0. The third-order valence-corrected chi connectivity index (χ3v) is 7.15. The van der Waals surface area contributed by atoms with E-state index in [9.17, 15) is 0 Å². The molecule has 0 fully saturated rings. The third-order valence-electron chi connectivity index (χ3n) is 7.15. The third kappa shape index (κ3) is 4.55. The van der Waals surface area contributed by atoms with Crippen LogP contribution in [-0.2, 0) is 0 Å². The average Bonchev–Trinajstić information content (AvgIpc) is 3.05. The quantitative estimate of drug-likeness (QED) is 0.231. The van der Waals surface area contributed by atoms with E-state index in [0.29, 0.717) is 17.5 Å². The first-order chi connectivity index (χ1) is 19.8. The minimum atomic E-state index is 0.650. The molecule has 40 heavy (non-hydrogen) atoms. The minimum absolute atomic E-state index is 0.650. The number of nitrogens with zero attached hydrogens (tertiary/aromatic N) is 3. The van der Waals surface area contributed by atoms with Crippen LogP contribution in [0.3, 0.4) is 0 Å². The number of hydrogen-bond donors (Lipinski definition) is 0. The smallest absolute Gasteiger partial charge is 0.164 e. The second kappa shape index (κ2) is 10.4. The standard InChI is InChI=1S/C37H25N3/c1-4-13-26(14-5-1)31-20-10-11-21-33(31)37-39-35(29-17-8-3-9-18-29)38-36(40-37)30-24-23-28-19-12-22-32(34(28)25-30)27-15-6-2-7-16-27/h1-25H. The maximum absolute atomic E-state index is 5.07. The molecule has 0 aliphatic heterocycles. The predicted octanol–water partition coefficient (Wildman–Crippen LogP) is 9.36. The van der Waals surface area contributed by atoms with E-state index in [1.165, 1.54) is 21.9 Å². The summed E-state index contributed by atoms with van der Waals surface area (Å²) in [6, 6.07) is 52.2. The lowest BCUT2D eigenvalue weighted by Gasteiger charge is -2.13. The summed E-state index contributed by atoms with van der Waals surface area (Å²) in [4.78, 5) is 15.1. The highest BCUT2D eigenvalue weighted by molar-refractivity contribution is 5.98. The van der Waals surface area contributed by atoms with Gasteiger partial charge in [-0.05, 0) is 39.1 Å². The Balaban J connectivity index is 1.44. The number of benzene rings is 6. The van der Waals surface area contributed by atoms with E-state index in [1.54, 1.807) is 0 Å². The lowest BCUT2D eigenvalue weighted by Crippen LogP contribution is -2.01. The van der Waals surface area contributed by atoms with Crippen molar-refractivity contribution in [2.24, 2.45) is 0 Å². The zero-order chi connectivity index (χ0) is 26.7. The maximum Gasteiger partial charge on any atom is 0.164 e. The van der Waals surface area contributed by atoms with Gasteiger partial charge < -0.3 is 0 Å². The van der Waals surface area contributed by atoms with Gasteiger partial charge in [0.15, 0.2) is 17.5 Å². The van der Waals surface area contributed by atoms with Crippen molar-refractivity contribution in [2.45, 2.75) is 0 Å². The molecule has 7 aromatic rings. The van der Waals surface area contributed by atoms with Crippen LogP contribution in [0.1, 0.15) is 0 Å². The van der Waals surface area contributed by atoms with Gasteiger partial charge in [0.05, 0.1) is 0 Å². The van der Waals surface area contributed by atoms with Gasteiger partial charge in [0.25, 0.3) is 0 Å². The van der Waals surface area contributed by atoms with Gasteiger partial charge in [-0.3, -0.25) is 0 Å². The maximum atomic E-state index is 5.07. The molecule has 0 aliphatic carbocycles. The molecule has 1 heterocycles. The zero-order valence-electron chi connectivity index (χ0n) is 21.8. The van der Waals surface area contributed by atoms with Crippen molar-refractivity contribution in [2.75, 3.05) is 0 Å². The van der Waals surface area contributed by atoms with Gasteiger partial charge in [-0.2, -0.15) is 0 Å². The first kappa shape index (κ1) is 23.7. The molecule has 0 N–H and O–H groups in total. The molecule has 0 atom stereocenters. The largest absolute Gasteiger partial charge is 0.208 e. The summed E-state index contributed by atoms with van der Waals surface area (Å²) in [5.74, 6) is 1.95. The van der Waals surface area contributed by atoms with Crippen LogP contribution in [0.4, 0.5) is 0 Å². The zero-order valence-corrected chi connectivity index (χ0v) is 21.8. The van der Waals surface area contributed by atoms with E-state index in [-0.39, 0.29) is 0 Å². The van der Waals surface area contributed by atoms with Crippen LogP contribution in [0.2, 0.25) is 0 Å². The van der Waals surface area contributed by atoms with Crippen molar-refractivity contribution in [1.82, 2.24) is 15.0 Å². The van der Waals surface area contributed by atoms with Crippen molar-refractivity contribution in [3.63, 3.8) is 0 Å². The molecular formula is C37H25N3. The highest BCUT2D eigenvalue weighted by Crippen LogP contribution is 2.34. The first-order valence-corrected chi connectivity index (χ1v) is 13.4. The molecule has 0 aliphatic rings. The van der Waals surface area contributed by atoms with Crippen LogP contribution >= 0.6 is 0 Å². The van der Waals surface area contributed by atoms with Crippen LogP contribution in [0.15, 0.2) is 152 Å². The second-order valence-electron chi connectivity index (χ2n) is 9.69. The highest BCUT2D eigenvalue weighted by Gasteiger charge is 2.16. The monoisotopic (exact) mass is 511 g/mol. The van der Waals surface area contributed by atoms with Gasteiger partial charge in [0.2, 0.25) is 0 Å². The number of aromatic nitrogens is 3. The number of rotatable bonds is 5. The first-order valence-electron chi connectivity index (χ1n) is 13.4. The van der Waals surface area contributed by atoms with Gasteiger partial charge in [0.1, 0.15) is 0 Å². The van der Waals surface area contributed by atoms with Crippen LogP contribution in [-0.4, -0.2) is 15.0 Å². The Kier molecular flexibility index (Phi) is 6.15. The fourth-order valence-electron chi connectivity index (χ4n) is 5.17. The van der Waals surface area contributed by atoms with E-state index >= 15 is 0 Å². The summed E-state index contributed by atoms with van der Waals surface area (Å²) in [7, 11) is 0. The Morgan fingerprint density at radius 3 is 1.48 bits per heavy atom.